The number of aromatic nitrogens is 2. The van der Waals surface area contributed by atoms with Gasteiger partial charge in [0.2, 0.25) is 0 Å². The highest BCUT2D eigenvalue weighted by Gasteiger charge is 2.27. The lowest BCUT2D eigenvalue weighted by atomic mass is 9.88. The Morgan fingerprint density at radius 1 is 0.571 bits per heavy atom. The molecule has 0 radical (unpaired) electrons. The maximum absolute atomic E-state index is 6.77. The van der Waals surface area contributed by atoms with Crippen LogP contribution >= 0.6 is 0 Å². The Morgan fingerprint density at radius 3 is 1.92 bits per heavy atom. The number of hydrogen-bond acceptors (Lipinski definition) is 3. The minimum Gasteiger partial charge on any atom is -0.455 e. The zero-order chi connectivity index (χ0) is 33.2. The second-order valence-corrected chi connectivity index (χ2v) is 13.6. The van der Waals surface area contributed by atoms with Crippen LogP contribution in [-0.2, 0) is 0 Å². The number of nitrogens with zero attached hydrogens (tertiary/aromatic N) is 2. The number of furan rings is 2. The highest BCUT2D eigenvalue weighted by atomic mass is 16.3. The molecule has 0 aliphatic heterocycles. The van der Waals surface area contributed by atoms with Gasteiger partial charge in [-0.15, -0.1) is 0 Å². The van der Waals surface area contributed by atoms with Crippen LogP contribution in [0.3, 0.4) is 0 Å². The van der Waals surface area contributed by atoms with Crippen molar-refractivity contribution in [1.29, 1.82) is 0 Å². The average Bonchev–Trinajstić information content (AvgIpc) is 3.85. The third-order valence-corrected chi connectivity index (χ3v) is 9.73. The molecule has 0 atom stereocenters. The molecule has 0 unspecified atom stereocenters. The molecule has 0 aliphatic carbocycles. The number of benzene rings is 6. The number of hydrogen-bond donors (Lipinski definition) is 0. The summed E-state index contributed by atoms with van der Waals surface area (Å²) in [5.74, 6) is 2.21. The van der Waals surface area contributed by atoms with Gasteiger partial charge in [0.05, 0.1) is 27.7 Å². The first-order valence-electron chi connectivity index (χ1n) is 17.1. The van der Waals surface area contributed by atoms with Crippen LogP contribution in [-0.4, -0.2) is 9.55 Å². The first-order valence-corrected chi connectivity index (χ1v) is 17.1. The average molecular weight is 637 g/mol. The van der Waals surface area contributed by atoms with Crippen LogP contribution in [0.4, 0.5) is 0 Å². The van der Waals surface area contributed by atoms with Crippen LogP contribution in [0.1, 0.15) is 50.7 Å². The second kappa shape index (κ2) is 11.4. The highest BCUT2D eigenvalue weighted by Crippen LogP contribution is 2.46. The number of imidazole rings is 1. The third kappa shape index (κ3) is 4.70. The molecule has 0 bridgehead atoms. The van der Waals surface area contributed by atoms with Gasteiger partial charge in [0.15, 0.2) is 0 Å². The summed E-state index contributed by atoms with van der Waals surface area (Å²) in [7, 11) is 0. The van der Waals surface area contributed by atoms with E-state index in [1.165, 1.54) is 27.9 Å². The van der Waals surface area contributed by atoms with Crippen molar-refractivity contribution < 1.29 is 8.83 Å². The van der Waals surface area contributed by atoms with Crippen LogP contribution in [0.15, 0.2) is 142 Å². The SMILES string of the molecule is CC(C)c1cc(-c2ccccc2)cc(C(C)C)c1-n1c(-c2cc3cc(-c4ccccc4)oc3c3c2oc2ccccc23)nc2ccccc21. The maximum atomic E-state index is 6.77. The topological polar surface area (TPSA) is 44.1 Å². The molecule has 0 fully saturated rings. The molecule has 49 heavy (non-hydrogen) atoms. The summed E-state index contributed by atoms with van der Waals surface area (Å²) in [6.45, 7) is 9.15. The quantitative estimate of drug-likeness (QED) is 0.182. The van der Waals surface area contributed by atoms with Gasteiger partial charge in [-0.2, -0.15) is 0 Å². The molecular formula is C45H36N2O2. The molecule has 9 rings (SSSR count). The van der Waals surface area contributed by atoms with Crippen LogP contribution in [0.5, 0.6) is 0 Å². The second-order valence-electron chi connectivity index (χ2n) is 13.6. The fourth-order valence-electron chi connectivity index (χ4n) is 7.35. The fourth-order valence-corrected chi connectivity index (χ4v) is 7.35. The molecule has 3 heterocycles. The summed E-state index contributed by atoms with van der Waals surface area (Å²) in [5.41, 5.74) is 12.6. The number of fused-ring (bicyclic) bond motifs is 6. The van der Waals surface area contributed by atoms with E-state index in [9.17, 15) is 0 Å². The van der Waals surface area contributed by atoms with Gasteiger partial charge in [0.1, 0.15) is 28.3 Å². The highest BCUT2D eigenvalue weighted by molar-refractivity contribution is 6.21. The van der Waals surface area contributed by atoms with Gasteiger partial charge in [-0.1, -0.05) is 119 Å². The monoisotopic (exact) mass is 636 g/mol. The standard InChI is InChI=1S/C45H36N2O2/c1-27(2)34-23-31(29-15-7-5-8-16-29)24-35(28(3)4)42(34)47-38-21-13-12-20-37(38)46-45(47)36-25-32-26-40(30-17-9-6-10-18-30)49-43(32)41-33-19-11-14-22-39(33)48-44(36)41/h5-28H,1-4H3. The largest absolute Gasteiger partial charge is 0.455 e. The van der Waals surface area contributed by atoms with E-state index in [1.807, 2.05) is 30.3 Å². The van der Waals surface area contributed by atoms with Crippen molar-refractivity contribution >= 4 is 43.9 Å². The summed E-state index contributed by atoms with van der Waals surface area (Å²) in [6, 6.07) is 46.8. The predicted octanol–water partition coefficient (Wildman–Crippen LogP) is 12.9. The van der Waals surface area contributed by atoms with Crippen molar-refractivity contribution in [2.75, 3.05) is 0 Å². The van der Waals surface area contributed by atoms with Gasteiger partial charge in [-0.25, -0.2) is 4.98 Å². The predicted molar refractivity (Wildman–Crippen MR) is 203 cm³/mol. The van der Waals surface area contributed by atoms with Crippen LogP contribution < -0.4 is 0 Å². The zero-order valence-electron chi connectivity index (χ0n) is 28.1. The summed E-state index contributed by atoms with van der Waals surface area (Å²) in [6.07, 6.45) is 0. The molecule has 4 heteroatoms. The van der Waals surface area contributed by atoms with Crippen LogP contribution in [0.25, 0.3) is 83.5 Å². The third-order valence-electron chi connectivity index (χ3n) is 9.73. The molecule has 6 aromatic carbocycles. The molecule has 4 nitrogen and oxygen atoms in total. The summed E-state index contributed by atoms with van der Waals surface area (Å²) in [5, 5.41) is 3.01. The first-order chi connectivity index (χ1) is 24.0. The van der Waals surface area contributed by atoms with E-state index >= 15 is 0 Å². The van der Waals surface area contributed by atoms with E-state index < -0.39 is 0 Å². The molecule has 9 aromatic rings. The molecule has 238 valence electrons. The van der Waals surface area contributed by atoms with Gasteiger partial charge < -0.3 is 8.83 Å². The van der Waals surface area contributed by atoms with Gasteiger partial charge in [0, 0.05) is 16.3 Å². The van der Waals surface area contributed by atoms with Crippen molar-refractivity contribution in [3.05, 3.63) is 145 Å². The van der Waals surface area contributed by atoms with Crippen molar-refractivity contribution in [3.63, 3.8) is 0 Å². The van der Waals surface area contributed by atoms with Crippen LogP contribution in [0, 0.1) is 0 Å². The summed E-state index contributed by atoms with van der Waals surface area (Å²) >= 11 is 0. The van der Waals surface area contributed by atoms with Crippen molar-refractivity contribution in [2.45, 2.75) is 39.5 Å². The maximum Gasteiger partial charge on any atom is 0.150 e. The number of para-hydroxylation sites is 3. The molecule has 3 aromatic heterocycles. The Bertz CT molecular complexity index is 2630. The Kier molecular flexibility index (Phi) is 6.80. The van der Waals surface area contributed by atoms with E-state index in [4.69, 9.17) is 13.8 Å². The van der Waals surface area contributed by atoms with E-state index in [1.54, 1.807) is 0 Å². The number of rotatable bonds is 6. The summed E-state index contributed by atoms with van der Waals surface area (Å²) in [4.78, 5) is 5.41. The van der Waals surface area contributed by atoms with Gasteiger partial charge in [-0.3, -0.25) is 4.57 Å². The summed E-state index contributed by atoms with van der Waals surface area (Å²) < 4.78 is 15.8. The Balaban J connectivity index is 1.40. The Hall–Kier alpha value is -5.87. The smallest absolute Gasteiger partial charge is 0.150 e. The molecule has 0 spiro atoms. The van der Waals surface area contributed by atoms with Gasteiger partial charge >= 0.3 is 0 Å². The fraction of sp³-hybridized carbons (Fsp3) is 0.133. The van der Waals surface area contributed by atoms with Crippen LogP contribution in [0.2, 0.25) is 0 Å². The Labute approximate surface area is 285 Å². The lowest BCUT2D eigenvalue weighted by Crippen LogP contribution is -2.09. The normalized spacial score (nSPS) is 12.0. The molecule has 0 aliphatic rings. The first kappa shape index (κ1) is 29.3. The van der Waals surface area contributed by atoms with Crippen molar-refractivity contribution in [3.8, 4) is 39.5 Å². The van der Waals surface area contributed by atoms with Gasteiger partial charge in [-0.05, 0) is 76.6 Å². The van der Waals surface area contributed by atoms with Crippen molar-refractivity contribution in [2.24, 2.45) is 0 Å². The van der Waals surface area contributed by atoms with E-state index in [2.05, 4.69) is 135 Å². The Morgan fingerprint density at radius 2 is 1.20 bits per heavy atom. The van der Waals surface area contributed by atoms with E-state index in [0.29, 0.717) is 0 Å². The zero-order valence-corrected chi connectivity index (χ0v) is 28.1. The van der Waals surface area contributed by atoms with Gasteiger partial charge in [0.25, 0.3) is 0 Å². The van der Waals surface area contributed by atoms with Crippen molar-refractivity contribution in [1.82, 2.24) is 9.55 Å². The minimum absolute atomic E-state index is 0.265. The van der Waals surface area contributed by atoms with E-state index in [0.717, 1.165) is 66.7 Å². The lowest BCUT2D eigenvalue weighted by molar-refractivity contribution is 0.633. The molecular weight excluding hydrogens is 601 g/mol. The minimum atomic E-state index is 0.265. The molecule has 0 saturated carbocycles. The molecule has 0 N–H and O–H groups in total. The van der Waals surface area contributed by atoms with E-state index in [-0.39, 0.29) is 11.8 Å². The molecule has 0 saturated heterocycles. The molecule has 0 amide bonds. The lowest BCUT2D eigenvalue weighted by Gasteiger charge is -2.24.